The number of hydrogen-bond donors (Lipinski definition) is 0. The van der Waals surface area contributed by atoms with Crippen molar-refractivity contribution in [1.82, 2.24) is 0 Å². The molecule has 0 bridgehead atoms. The molecule has 0 amide bonds. The molecule has 2 rings (SSSR count). The van der Waals surface area contributed by atoms with Crippen LogP contribution in [0.3, 0.4) is 0 Å². The first kappa shape index (κ1) is 11.2. The van der Waals surface area contributed by atoms with Crippen molar-refractivity contribution >= 4 is 17.4 Å². The quantitative estimate of drug-likeness (QED) is 0.746. The van der Waals surface area contributed by atoms with Crippen molar-refractivity contribution in [3.05, 3.63) is 46.7 Å². The third kappa shape index (κ3) is 1.98. The average Bonchev–Trinajstić information content (AvgIpc) is 2.28. The van der Waals surface area contributed by atoms with Crippen LogP contribution in [0, 0.1) is 5.92 Å². The van der Waals surface area contributed by atoms with Gasteiger partial charge in [-0.2, -0.15) is 0 Å². The van der Waals surface area contributed by atoms with E-state index in [2.05, 4.69) is 0 Å². The van der Waals surface area contributed by atoms with E-state index in [1.165, 1.54) is 0 Å². The van der Waals surface area contributed by atoms with Gasteiger partial charge in [0.05, 0.1) is 12.2 Å². The molecule has 0 aliphatic carbocycles. The van der Waals surface area contributed by atoms with Crippen molar-refractivity contribution < 1.29 is 9.53 Å². The summed E-state index contributed by atoms with van der Waals surface area (Å²) in [6.07, 6.45) is 1.34. The molecule has 0 saturated carbocycles. The summed E-state index contributed by atoms with van der Waals surface area (Å²) in [5.74, 6) is -0.00243. The molecule has 1 heterocycles. The Morgan fingerprint density at radius 1 is 1.25 bits per heavy atom. The highest BCUT2D eigenvalue weighted by molar-refractivity contribution is 6.30. The number of carbonyl (C=O) groups excluding carboxylic acids is 1. The van der Waals surface area contributed by atoms with Crippen molar-refractivity contribution in [1.29, 1.82) is 0 Å². The first-order chi connectivity index (χ1) is 7.59. The minimum atomic E-state index is -0.200. The van der Waals surface area contributed by atoms with Gasteiger partial charge in [-0.3, -0.25) is 4.79 Å². The Morgan fingerprint density at radius 2 is 1.88 bits per heavy atom. The van der Waals surface area contributed by atoms with E-state index in [9.17, 15) is 4.79 Å². The van der Waals surface area contributed by atoms with Crippen molar-refractivity contribution in [2.75, 3.05) is 0 Å². The topological polar surface area (TPSA) is 26.3 Å². The van der Waals surface area contributed by atoms with E-state index in [1.807, 2.05) is 31.2 Å². The lowest BCUT2D eigenvalue weighted by Gasteiger charge is -2.27. The van der Waals surface area contributed by atoms with Crippen molar-refractivity contribution in [3.63, 3.8) is 0 Å². The Hall–Kier alpha value is -1.28. The molecule has 1 aliphatic heterocycles. The first-order valence-electron chi connectivity index (χ1n) is 5.21. The summed E-state index contributed by atoms with van der Waals surface area (Å²) < 4.78 is 5.57. The zero-order valence-corrected chi connectivity index (χ0v) is 9.99. The lowest BCUT2D eigenvalue weighted by molar-refractivity contribution is -0.124. The Kier molecular flexibility index (Phi) is 3.01. The smallest absolute Gasteiger partial charge is 0.168 e. The molecule has 0 N–H and O–H groups in total. The Bertz CT molecular complexity index is 434. The molecule has 2 atom stereocenters. The minimum absolute atomic E-state index is 0.145. The van der Waals surface area contributed by atoms with E-state index < -0.39 is 0 Å². The van der Waals surface area contributed by atoms with Gasteiger partial charge in [-0.25, -0.2) is 0 Å². The average molecular weight is 237 g/mol. The Balaban J connectivity index is 2.29. The molecule has 0 unspecified atom stereocenters. The van der Waals surface area contributed by atoms with Crippen LogP contribution in [-0.4, -0.2) is 5.78 Å². The van der Waals surface area contributed by atoms with Crippen molar-refractivity contribution in [2.45, 2.75) is 20.0 Å². The minimum Gasteiger partial charge on any atom is -0.492 e. The third-order valence-electron chi connectivity index (χ3n) is 2.85. The largest absolute Gasteiger partial charge is 0.492 e. The van der Waals surface area contributed by atoms with Crippen LogP contribution in [0.2, 0.25) is 5.02 Å². The SMILES string of the molecule is CC1=CO[C@@H](c2ccc(Cl)cc2)[C@H](C)C1=O. The molecule has 84 valence electrons. The fraction of sp³-hybridized carbons (Fsp3) is 0.308. The van der Waals surface area contributed by atoms with Gasteiger partial charge in [0.15, 0.2) is 5.78 Å². The molecule has 0 fully saturated rings. The highest BCUT2D eigenvalue weighted by atomic mass is 35.5. The molecule has 0 radical (unpaired) electrons. The van der Waals surface area contributed by atoms with Crippen LogP contribution >= 0.6 is 11.6 Å². The predicted molar refractivity (Wildman–Crippen MR) is 63.2 cm³/mol. The van der Waals surface area contributed by atoms with Gasteiger partial charge >= 0.3 is 0 Å². The van der Waals surface area contributed by atoms with Crippen LogP contribution < -0.4 is 0 Å². The van der Waals surface area contributed by atoms with E-state index >= 15 is 0 Å². The number of carbonyl (C=O) groups is 1. The maximum atomic E-state index is 11.8. The summed E-state index contributed by atoms with van der Waals surface area (Å²) in [4.78, 5) is 11.8. The van der Waals surface area contributed by atoms with Crippen LogP contribution in [0.5, 0.6) is 0 Å². The maximum absolute atomic E-state index is 11.8. The monoisotopic (exact) mass is 236 g/mol. The summed E-state index contributed by atoms with van der Waals surface area (Å²) in [5.41, 5.74) is 1.66. The lowest BCUT2D eigenvalue weighted by Crippen LogP contribution is -2.25. The van der Waals surface area contributed by atoms with Gasteiger partial charge in [0.2, 0.25) is 0 Å². The van der Waals surface area contributed by atoms with Gasteiger partial charge in [0.1, 0.15) is 6.10 Å². The number of ether oxygens (including phenoxy) is 1. The third-order valence-corrected chi connectivity index (χ3v) is 3.10. The lowest BCUT2D eigenvalue weighted by atomic mass is 9.89. The van der Waals surface area contributed by atoms with E-state index in [1.54, 1.807) is 13.2 Å². The van der Waals surface area contributed by atoms with Gasteiger partial charge in [-0.05, 0) is 24.6 Å². The van der Waals surface area contributed by atoms with E-state index in [0.29, 0.717) is 10.6 Å². The van der Waals surface area contributed by atoms with Gasteiger partial charge in [0, 0.05) is 10.6 Å². The zero-order chi connectivity index (χ0) is 11.7. The zero-order valence-electron chi connectivity index (χ0n) is 9.24. The molecular formula is C13H13ClO2. The molecule has 2 nitrogen and oxygen atoms in total. The first-order valence-corrected chi connectivity index (χ1v) is 5.59. The second-order valence-corrected chi connectivity index (χ2v) is 4.50. The molecule has 0 aromatic heterocycles. The highest BCUT2D eigenvalue weighted by Gasteiger charge is 2.30. The number of hydrogen-bond acceptors (Lipinski definition) is 2. The number of benzene rings is 1. The second-order valence-electron chi connectivity index (χ2n) is 4.06. The molecule has 0 spiro atoms. The molecule has 1 aromatic carbocycles. The number of allylic oxidation sites excluding steroid dienone is 1. The van der Waals surface area contributed by atoms with Gasteiger partial charge < -0.3 is 4.74 Å². The summed E-state index contributed by atoms with van der Waals surface area (Å²) in [5, 5.41) is 0.685. The summed E-state index contributed by atoms with van der Waals surface area (Å²) >= 11 is 5.82. The number of ketones is 1. The van der Waals surface area contributed by atoms with Gasteiger partial charge in [0.25, 0.3) is 0 Å². The molecule has 1 aliphatic rings. The standard InChI is InChI=1S/C13H13ClO2/c1-8-7-16-13(9(2)12(8)15)10-3-5-11(14)6-4-10/h3-7,9,13H,1-2H3/t9-,13-/m1/s1. The summed E-state index contributed by atoms with van der Waals surface area (Å²) in [6, 6.07) is 7.40. The van der Waals surface area contributed by atoms with Crippen LogP contribution in [0.4, 0.5) is 0 Å². The molecular weight excluding hydrogens is 224 g/mol. The molecule has 1 aromatic rings. The normalized spacial score (nSPS) is 24.9. The fourth-order valence-electron chi connectivity index (χ4n) is 1.87. The van der Waals surface area contributed by atoms with Crippen LogP contribution in [0.1, 0.15) is 25.5 Å². The maximum Gasteiger partial charge on any atom is 0.168 e. The van der Waals surface area contributed by atoms with E-state index in [-0.39, 0.29) is 17.8 Å². The Morgan fingerprint density at radius 3 is 2.50 bits per heavy atom. The van der Waals surface area contributed by atoms with Gasteiger partial charge in [-0.1, -0.05) is 30.7 Å². The molecule has 0 saturated heterocycles. The van der Waals surface area contributed by atoms with E-state index in [4.69, 9.17) is 16.3 Å². The van der Waals surface area contributed by atoms with Crippen LogP contribution in [-0.2, 0) is 9.53 Å². The predicted octanol–water partition coefficient (Wildman–Crippen LogP) is 3.52. The number of rotatable bonds is 1. The van der Waals surface area contributed by atoms with Crippen LogP contribution in [0.25, 0.3) is 0 Å². The summed E-state index contributed by atoms with van der Waals surface area (Å²) in [6.45, 7) is 3.66. The summed E-state index contributed by atoms with van der Waals surface area (Å²) in [7, 11) is 0. The van der Waals surface area contributed by atoms with E-state index in [0.717, 1.165) is 5.56 Å². The van der Waals surface area contributed by atoms with Crippen molar-refractivity contribution in [3.8, 4) is 0 Å². The van der Waals surface area contributed by atoms with Gasteiger partial charge in [-0.15, -0.1) is 0 Å². The fourth-order valence-corrected chi connectivity index (χ4v) is 1.99. The Labute approximate surface area is 99.9 Å². The highest BCUT2D eigenvalue weighted by Crippen LogP contribution is 2.33. The number of Topliss-reactive ketones (excluding diaryl/α,β-unsaturated/α-hetero) is 1. The molecule has 3 heteroatoms. The second kappa shape index (κ2) is 4.30. The van der Waals surface area contributed by atoms with Crippen LogP contribution in [0.15, 0.2) is 36.1 Å². The van der Waals surface area contributed by atoms with Crippen molar-refractivity contribution in [2.24, 2.45) is 5.92 Å². The number of halogens is 1. The molecule has 16 heavy (non-hydrogen) atoms.